The summed E-state index contributed by atoms with van der Waals surface area (Å²) in [6, 6.07) is 4.31. The smallest absolute Gasteiger partial charge is 0.314 e. The van der Waals surface area contributed by atoms with Gasteiger partial charge in [0.2, 0.25) is 0 Å². The highest BCUT2D eigenvalue weighted by Gasteiger charge is 2.29. The molecule has 0 spiro atoms. The number of benzene rings is 1. The third-order valence-corrected chi connectivity index (χ3v) is 4.37. The standard InChI is InChI=1S/C21H34O2/c1-10-15(11-2)19(22)23-18-16(20(4,5)6)12-14(3)13-17(18)21(7,8)9/h12-13,15H,10-11H2,1-9H3. The van der Waals surface area contributed by atoms with Gasteiger partial charge < -0.3 is 4.74 Å². The van der Waals surface area contributed by atoms with Crippen molar-refractivity contribution in [3.05, 3.63) is 28.8 Å². The first-order chi connectivity index (χ1) is 10.4. The molecule has 2 heteroatoms. The Hall–Kier alpha value is -1.31. The molecule has 0 amide bonds. The third-order valence-electron chi connectivity index (χ3n) is 4.37. The summed E-state index contributed by atoms with van der Waals surface area (Å²) < 4.78 is 5.99. The van der Waals surface area contributed by atoms with Gasteiger partial charge >= 0.3 is 5.97 Å². The average Bonchev–Trinajstić information content (AvgIpc) is 2.39. The maximum absolute atomic E-state index is 12.6. The predicted molar refractivity (Wildman–Crippen MR) is 98.3 cm³/mol. The Balaban J connectivity index is 3.50. The monoisotopic (exact) mass is 318 g/mol. The lowest BCUT2D eigenvalue weighted by Crippen LogP contribution is -2.25. The van der Waals surface area contributed by atoms with Crippen LogP contribution in [-0.2, 0) is 15.6 Å². The molecule has 0 N–H and O–H groups in total. The second-order valence-electron chi connectivity index (χ2n) is 8.62. The van der Waals surface area contributed by atoms with E-state index in [1.807, 2.05) is 13.8 Å². The number of ether oxygens (including phenoxy) is 1. The summed E-state index contributed by atoms with van der Waals surface area (Å²) in [5.41, 5.74) is 3.29. The summed E-state index contributed by atoms with van der Waals surface area (Å²) in [7, 11) is 0. The fourth-order valence-corrected chi connectivity index (χ4v) is 2.80. The molecule has 0 heterocycles. The first-order valence-electron chi connectivity index (χ1n) is 8.79. The van der Waals surface area contributed by atoms with E-state index in [0.717, 1.165) is 29.7 Å². The molecular formula is C21H34O2. The van der Waals surface area contributed by atoms with Crippen LogP contribution in [0.2, 0.25) is 0 Å². The van der Waals surface area contributed by atoms with Crippen molar-refractivity contribution in [2.24, 2.45) is 5.92 Å². The lowest BCUT2D eigenvalue weighted by Gasteiger charge is -2.30. The molecule has 0 saturated heterocycles. The van der Waals surface area contributed by atoms with Gasteiger partial charge in [-0.3, -0.25) is 4.79 Å². The van der Waals surface area contributed by atoms with E-state index in [9.17, 15) is 4.79 Å². The molecule has 0 aromatic heterocycles. The third kappa shape index (κ3) is 4.83. The minimum absolute atomic E-state index is 0.0306. The van der Waals surface area contributed by atoms with Crippen LogP contribution >= 0.6 is 0 Å². The average molecular weight is 319 g/mol. The van der Waals surface area contributed by atoms with Crippen LogP contribution in [-0.4, -0.2) is 5.97 Å². The van der Waals surface area contributed by atoms with Crippen molar-refractivity contribution in [1.29, 1.82) is 0 Å². The Morgan fingerprint density at radius 3 is 1.65 bits per heavy atom. The molecule has 0 aliphatic rings. The Bertz CT molecular complexity index is 517. The van der Waals surface area contributed by atoms with Gasteiger partial charge in [-0.25, -0.2) is 0 Å². The summed E-state index contributed by atoms with van der Waals surface area (Å²) in [5.74, 6) is 0.638. The van der Waals surface area contributed by atoms with Gasteiger partial charge in [-0.2, -0.15) is 0 Å². The quantitative estimate of drug-likeness (QED) is 0.508. The van der Waals surface area contributed by atoms with Gasteiger partial charge in [-0.05, 0) is 30.6 Å². The van der Waals surface area contributed by atoms with Crippen LogP contribution in [0.15, 0.2) is 12.1 Å². The number of rotatable bonds is 4. The van der Waals surface area contributed by atoms with Crippen molar-refractivity contribution in [2.45, 2.75) is 86.0 Å². The van der Waals surface area contributed by atoms with Crippen LogP contribution in [0.4, 0.5) is 0 Å². The molecular weight excluding hydrogens is 284 g/mol. The molecule has 0 aliphatic carbocycles. The van der Waals surface area contributed by atoms with Gasteiger partial charge in [0.05, 0.1) is 5.92 Å². The van der Waals surface area contributed by atoms with Crippen LogP contribution in [0.25, 0.3) is 0 Å². The van der Waals surface area contributed by atoms with E-state index < -0.39 is 0 Å². The number of esters is 1. The molecule has 0 saturated carbocycles. The van der Waals surface area contributed by atoms with E-state index in [2.05, 4.69) is 60.6 Å². The molecule has 1 rings (SSSR count). The first kappa shape index (κ1) is 19.7. The van der Waals surface area contributed by atoms with E-state index in [-0.39, 0.29) is 22.7 Å². The summed E-state index contributed by atoms with van der Waals surface area (Å²) in [6.07, 6.45) is 1.63. The van der Waals surface area contributed by atoms with Crippen LogP contribution in [0.1, 0.15) is 84.9 Å². The Morgan fingerprint density at radius 2 is 1.35 bits per heavy atom. The molecule has 0 aliphatic heterocycles. The van der Waals surface area contributed by atoms with E-state index in [1.54, 1.807) is 0 Å². The second-order valence-corrected chi connectivity index (χ2v) is 8.62. The van der Waals surface area contributed by atoms with E-state index in [0.29, 0.717) is 0 Å². The van der Waals surface area contributed by atoms with Crippen LogP contribution in [0.3, 0.4) is 0 Å². The summed E-state index contributed by atoms with van der Waals surface area (Å²) >= 11 is 0. The minimum atomic E-state index is -0.102. The predicted octanol–water partition coefficient (Wildman–Crippen LogP) is 5.93. The number of hydrogen-bond acceptors (Lipinski definition) is 2. The van der Waals surface area contributed by atoms with E-state index in [4.69, 9.17) is 4.74 Å². The zero-order chi connectivity index (χ0) is 18.0. The van der Waals surface area contributed by atoms with Gasteiger partial charge in [-0.15, -0.1) is 0 Å². The van der Waals surface area contributed by atoms with E-state index >= 15 is 0 Å². The first-order valence-corrected chi connectivity index (χ1v) is 8.79. The van der Waals surface area contributed by atoms with Crippen molar-refractivity contribution >= 4 is 5.97 Å². The number of carbonyl (C=O) groups is 1. The zero-order valence-electron chi connectivity index (χ0n) is 16.5. The Morgan fingerprint density at radius 1 is 0.957 bits per heavy atom. The molecule has 0 fully saturated rings. The Kier molecular flexibility index (Phi) is 6.06. The molecule has 0 atom stereocenters. The maximum atomic E-state index is 12.6. The molecule has 1 aromatic carbocycles. The molecule has 23 heavy (non-hydrogen) atoms. The van der Waals surface area contributed by atoms with E-state index in [1.165, 1.54) is 5.56 Å². The van der Waals surface area contributed by atoms with Gasteiger partial charge in [0, 0.05) is 11.1 Å². The van der Waals surface area contributed by atoms with Crippen molar-refractivity contribution in [1.82, 2.24) is 0 Å². The molecule has 0 radical (unpaired) electrons. The number of aryl methyl sites for hydroxylation is 1. The minimum Gasteiger partial charge on any atom is -0.426 e. The summed E-state index contributed by atoms with van der Waals surface area (Å²) in [5, 5.41) is 0. The van der Waals surface area contributed by atoms with Gasteiger partial charge in [0.15, 0.2) is 0 Å². The van der Waals surface area contributed by atoms with Gasteiger partial charge in [0.25, 0.3) is 0 Å². The van der Waals surface area contributed by atoms with Crippen molar-refractivity contribution in [2.75, 3.05) is 0 Å². The fraction of sp³-hybridized carbons (Fsp3) is 0.667. The summed E-state index contributed by atoms with van der Waals surface area (Å²) in [6.45, 7) is 19.2. The highest BCUT2D eigenvalue weighted by Crippen LogP contribution is 2.41. The largest absolute Gasteiger partial charge is 0.426 e. The van der Waals surface area contributed by atoms with Gasteiger partial charge in [-0.1, -0.05) is 73.1 Å². The van der Waals surface area contributed by atoms with Crippen LogP contribution in [0, 0.1) is 12.8 Å². The number of hydrogen-bond donors (Lipinski definition) is 0. The molecule has 0 unspecified atom stereocenters. The fourth-order valence-electron chi connectivity index (χ4n) is 2.80. The van der Waals surface area contributed by atoms with Crippen molar-refractivity contribution in [3.63, 3.8) is 0 Å². The SMILES string of the molecule is CCC(CC)C(=O)Oc1c(C(C)(C)C)cc(C)cc1C(C)(C)C. The number of carbonyl (C=O) groups excluding carboxylic acids is 1. The molecule has 0 bridgehead atoms. The second kappa shape index (κ2) is 7.07. The van der Waals surface area contributed by atoms with Crippen LogP contribution in [0.5, 0.6) is 5.75 Å². The van der Waals surface area contributed by atoms with Crippen molar-refractivity contribution < 1.29 is 9.53 Å². The van der Waals surface area contributed by atoms with Crippen molar-refractivity contribution in [3.8, 4) is 5.75 Å². The highest BCUT2D eigenvalue weighted by atomic mass is 16.5. The lowest BCUT2D eigenvalue weighted by molar-refractivity contribution is -0.139. The summed E-state index contributed by atoms with van der Waals surface area (Å²) in [4.78, 5) is 12.6. The molecule has 2 nitrogen and oxygen atoms in total. The Labute approximate surface area is 142 Å². The highest BCUT2D eigenvalue weighted by molar-refractivity contribution is 5.76. The zero-order valence-corrected chi connectivity index (χ0v) is 16.5. The van der Waals surface area contributed by atoms with Crippen LogP contribution < -0.4 is 4.74 Å². The lowest BCUT2D eigenvalue weighted by atomic mass is 9.78. The normalized spacial score (nSPS) is 12.6. The molecule has 130 valence electrons. The molecule has 1 aromatic rings. The maximum Gasteiger partial charge on any atom is 0.314 e. The topological polar surface area (TPSA) is 26.3 Å². The van der Waals surface area contributed by atoms with Gasteiger partial charge in [0.1, 0.15) is 5.75 Å².